The Morgan fingerprint density at radius 2 is 2.06 bits per heavy atom. The summed E-state index contributed by atoms with van der Waals surface area (Å²) in [4.78, 5) is 24.2. The van der Waals surface area contributed by atoms with Crippen molar-refractivity contribution in [1.29, 1.82) is 0 Å². The first-order chi connectivity index (χ1) is 14.9. The highest BCUT2D eigenvalue weighted by molar-refractivity contribution is 8.00. The van der Waals surface area contributed by atoms with Gasteiger partial charge in [0.2, 0.25) is 5.91 Å². The van der Waals surface area contributed by atoms with Gasteiger partial charge in [0.05, 0.1) is 22.6 Å². The van der Waals surface area contributed by atoms with Crippen LogP contribution in [0.1, 0.15) is 19.8 Å². The molecule has 1 aromatic carbocycles. The summed E-state index contributed by atoms with van der Waals surface area (Å²) >= 11 is 2.80. The number of thioether (sulfide) groups is 1. The minimum atomic E-state index is -3.07. The van der Waals surface area contributed by atoms with E-state index in [9.17, 15) is 17.6 Å². The van der Waals surface area contributed by atoms with Crippen molar-refractivity contribution < 1.29 is 17.6 Å². The Hall–Kier alpha value is -2.04. The molecule has 1 saturated heterocycles. The summed E-state index contributed by atoms with van der Waals surface area (Å²) in [5.74, 6) is -0.0355. The number of fused-ring (bicyclic) bond motifs is 1. The van der Waals surface area contributed by atoms with Crippen molar-refractivity contribution in [3.05, 3.63) is 41.8 Å². The fourth-order valence-electron chi connectivity index (χ4n) is 3.79. The smallest absolute Gasteiger partial charge is 0.233 e. The number of carbonyl (C=O) groups is 1. The van der Waals surface area contributed by atoms with Crippen molar-refractivity contribution in [2.24, 2.45) is 0 Å². The van der Waals surface area contributed by atoms with Crippen molar-refractivity contribution in [2.45, 2.75) is 30.8 Å². The van der Waals surface area contributed by atoms with Crippen molar-refractivity contribution in [1.82, 2.24) is 14.9 Å². The summed E-state index contributed by atoms with van der Waals surface area (Å²) in [6, 6.07) is 6.01. The summed E-state index contributed by atoms with van der Waals surface area (Å²) in [5, 5.41) is 3.50. The first-order valence-corrected chi connectivity index (χ1v) is 13.7. The molecule has 4 rings (SSSR count). The zero-order chi connectivity index (χ0) is 22.0. The Labute approximate surface area is 188 Å². The van der Waals surface area contributed by atoms with Crippen LogP contribution in [0.2, 0.25) is 0 Å². The maximum absolute atomic E-state index is 13.3. The topological polar surface area (TPSA) is 80.2 Å². The van der Waals surface area contributed by atoms with E-state index in [1.165, 1.54) is 41.6 Å². The van der Waals surface area contributed by atoms with Crippen LogP contribution in [0.5, 0.6) is 0 Å². The molecule has 10 heteroatoms. The summed E-state index contributed by atoms with van der Waals surface area (Å²) in [7, 11) is -3.07. The van der Waals surface area contributed by atoms with E-state index in [-0.39, 0.29) is 35.0 Å². The fourth-order valence-corrected chi connectivity index (χ4v) is 7.39. The van der Waals surface area contributed by atoms with Crippen LogP contribution in [0, 0.1) is 5.82 Å². The van der Waals surface area contributed by atoms with Crippen molar-refractivity contribution >= 4 is 49.1 Å². The van der Waals surface area contributed by atoms with Crippen molar-refractivity contribution in [2.75, 3.05) is 23.8 Å². The number of amides is 1. The third-order valence-electron chi connectivity index (χ3n) is 5.26. The third-order valence-corrected chi connectivity index (χ3v) is 8.87. The molecule has 0 N–H and O–H groups in total. The molecule has 0 aliphatic carbocycles. The molecule has 0 bridgehead atoms. The van der Waals surface area contributed by atoms with Gasteiger partial charge in [-0.25, -0.2) is 22.8 Å². The number of nitrogens with zero attached hydrogens (tertiary/aromatic N) is 3. The number of benzene rings is 1. The molecule has 1 aliphatic rings. The molecule has 1 amide bonds. The lowest BCUT2D eigenvalue weighted by molar-refractivity contribution is -0.130. The number of hydrogen-bond donors (Lipinski definition) is 0. The van der Waals surface area contributed by atoms with Gasteiger partial charge in [-0.2, -0.15) is 0 Å². The highest BCUT2D eigenvalue weighted by Gasteiger charge is 2.34. The zero-order valence-corrected chi connectivity index (χ0v) is 19.4. The molecule has 164 valence electrons. The summed E-state index contributed by atoms with van der Waals surface area (Å²) < 4.78 is 37.1. The second-order valence-corrected chi connectivity index (χ2v) is 11.5. The van der Waals surface area contributed by atoms with Gasteiger partial charge < -0.3 is 4.90 Å². The van der Waals surface area contributed by atoms with E-state index in [0.717, 1.165) is 27.8 Å². The Morgan fingerprint density at radius 3 is 2.74 bits per heavy atom. The molecule has 1 atom stereocenters. The van der Waals surface area contributed by atoms with E-state index < -0.39 is 9.84 Å². The molecule has 0 spiro atoms. The molecule has 1 fully saturated rings. The van der Waals surface area contributed by atoms with Gasteiger partial charge in [-0.05, 0) is 30.5 Å². The average molecular weight is 480 g/mol. The number of rotatable bonds is 7. The molecule has 6 nitrogen and oxygen atoms in total. The van der Waals surface area contributed by atoms with E-state index in [1.807, 2.05) is 12.3 Å². The third kappa shape index (κ3) is 4.91. The molecule has 3 heterocycles. The van der Waals surface area contributed by atoms with Crippen LogP contribution in [-0.2, 0) is 14.6 Å². The number of aromatic nitrogens is 2. The Kier molecular flexibility index (Phi) is 6.59. The Bertz CT molecular complexity index is 1200. The molecule has 31 heavy (non-hydrogen) atoms. The molecular weight excluding hydrogens is 457 g/mol. The van der Waals surface area contributed by atoms with Crippen LogP contribution in [0.4, 0.5) is 4.39 Å². The van der Waals surface area contributed by atoms with Crippen LogP contribution in [-0.4, -0.2) is 59.0 Å². The number of hydrogen-bond acceptors (Lipinski definition) is 7. The van der Waals surface area contributed by atoms with Gasteiger partial charge >= 0.3 is 0 Å². The molecule has 3 aromatic rings. The van der Waals surface area contributed by atoms with Gasteiger partial charge in [0.15, 0.2) is 9.84 Å². The number of halogens is 1. The lowest BCUT2D eigenvalue weighted by Crippen LogP contribution is -2.42. The van der Waals surface area contributed by atoms with E-state index in [2.05, 4.69) is 9.97 Å². The molecule has 0 unspecified atom stereocenters. The number of thiophene rings is 1. The second-order valence-electron chi connectivity index (χ2n) is 7.45. The SMILES string of the molecule is CCCN(C(=O)CSc1ncnc2scc(-c3ccc(F)cc3)c12)[C@@H]1CCS(=O)(=O)C1. The van der Waals surface area contributed by atoms with E-state index >= 15 is 0 Å². The highest BCUT2D eigenvalue weighted by Crippen LogP contribution is 2.38. The quantitative estimate of drug-likeness (QED) is 0.376. The van der Waals surface area contributed by atoms with Gasteiger partial charge in [0, 0.05) is 23.5 Å². The van der Waals surface area contributed by atoms with Crippen LogP contribution < -0.4 is 0 Å². The molecule has 0 radical (unpaired) electrons. The minimum absolute atomic E-state index is 0.0421. The summed E-state index contributed by atoms with van der Waals surface area (Å²) in [6.45, 7) is 2.52. The predicted molar refractivity (Wildman–Crippen MR) is 123 cm³/mol. The lowest BCUT2D eigenvalue weighted by atomic mass is 10.1. The lowest BCUT2D eigenvalue weighted by Gasteiger charge is -2.27. The maximum Gasteiger partial charge on any atom is 0.233 e. The molecule has 0 saturated carbocycles. The molecule has 2 aromatic heterocycles. The average Bonchev–Trinajstić information content (AvgIpc) is 3.34. The standard InChI is InChI=1S/C21H22FN3O3S3/c1-2-8-25(16-7-9-31(27,28)12-16)18(26)11-30-21-19-17(10-29-20(19)23-13-24-21)14-3-5-15(22)6-4-14/h3-6,10,13,16H,2,7-9,11-12H2,1H3/t16-/m1/s1. The number of carbonyl (C=O) groups excluding carboxylic acids is 1. The Morgan fingerprint density at radius 1 is 1.29 bits per heavy atom. The Balaban J connectivity index is 1.56. The van der Waals surface area contributed by atoms with Gasteiger partial charge in [0.25, 0.3) is 0 Å². The van der Waals surface area contributed by atoms with Gasteiger partial charge in [-0.3, -0.25) is 4.79 Å². The first kappa shape index (κ1) is 22.2. The van der Waals surface area contributed by atoms with Crippen molar-refractivity contribution in [3.63, 3.8) is 0 Å². The number of sulfone groups is 1. The largest absolute Gasteiger partial charge is 0.338 e. The zero-order valence-electron chi connectivity index (χ0n) is 17.0. The van der Waals surface area contributed by atoms with Gasteiger partial charge in [-0.15, -0.1) is 11.3 Å². The molecular formula is C21H22FN3O3S3. The summed E-state index contributed by atoms with van der Waals surface area (Å²) in [5.41, 5.74) is 1.77. The van der Waals surface area contributed by atoms with Crippen LogP contribution in [0.25, 0.3) is 21.3 Å². The predicted octanol–water partition coefficient (Wildman–Crippen LogP) is 4.02. The van der Waals surface area contributed by atoms with Gasteiger partial charge in [-0.1, -0.05) is 30.8 Å². The first-order valence-electron chi connectivity index (χ1n) is 9.99. The fraction of sp³-hybridized carbons (Fsp3) is 0.381. The van der Waals surface area contributed by atoms with Crippen LogP contribution in [0.15, 0.2) is 41.0 Å². The monoisotopic (exact) mass is 479 g/mol. The van der Waals surface area contributed by atoms with Crippen molar-refractivity contribution in [3.8, 4) is 11.1 Å². The van der Waals surface area contributed by atoms with E-state index in [4.69, 9.17) is 0 Å². The summed E-state index contributed by atoms with van der Waals surface area (Å²) in [6.07, 6.45) is 2.74. The highest BCUT2D eigenvalue weighted by atomic mass is 32.2. The maximum atomic E-state index is 13.3. The molecule has 1 aliphatic heterocycles. The normalized spacial score (nSPS) is 17.8. The second kappa shape index (κ2) is 9.22. The van der Waals surface area contributed by atoms with E-state index in [1.54, 1.807) is 17.0 Å². The van der Waals surface area contributed by atoms with Crippen LogP contribution >= 0.6 is 23.1 Å². The minimum Gasteiger partial charge on any atom is -0.338 e. The van der Waals surface area contributed by atoms with E-state index in [0.29, 0.717) is 18.0 Å². The van der Waals surface area contributed by atoms with Gasteiger partial charge in [0.1, 0.15) is 22.0 Å². The van der Waals surface area contributed by atoms with Crippen LogP contribution in [0.3, 0.4) is 0 Å².